The third-order valence-electron chi connectivity index (χ3n) is 6.95. The Labute approximate surface area is 255 Å². The maximum atomic E-state index is 13.4. The summed E-state index contributed by atoms with van der Waals surface area (Å²) in [5, 5.41) is 0. The van der Waals surface area contributed by atoms with E-state index in [2.05, 4.69) is 5.92 Å². The monoisotopic (exact) mass is 590 g/mol. The minimum absolute atomic E-state index is 0.0709. The van der Waals surface area contributed by atoms with Crippen molar-refractivity contribution in [1.82, 2.24) is 0 Å². The molecule has 4 aromatic carbocycles. The highest BCUT2D eigenvalue weighted by molar-refractivity contribution is 5.91. The first-order valence-electron chi connectivity index (χ1n) is 14.0. The number of esters is 3. The molecule has 1 aliphatic heterocycles. The maximum absolute atomic E-state index is 13.4. The highest BCUT2D eigenvalue weighted by Gasteiger charge is 2.52. The summed E-state index contributed by atoms with van der Waals surface area (Å²) in [6.45, 7) is 0.167. The van der Waals surface area contributed by atoms with Crippen molar-refractivity contribution in [1.29, 1.82) is 0 Å². The summed E-state index contributed by atoms with van der Waals surface area (Å²) in [5.74, 6) is 0.378. The van der Waals surface area contributed by atoms with Crippen LogP contribution in [0.3, 0.4) is 0 Å². The van der Waals surface area contributed by atoms with Gasteiger partial charge in [0.1, 0.15) is 6.10 Å². The van der Waals surface area contributed by atoms with E-state index < -0.39 is 48.4 Å². The molecule has 4 aromatic rings. The molecular weight excluding hydrogens is 560 g/mol. The second kappa shape index (κ2) is 14.8. The predicted octanol–water partition coefficient (Wildman–Crippen LogP) is 5.28. The first-order valence-corrected chi connectivity index (χ1v) is 14.0. The molecule has 1 fully saturated rings. The van der Waals surface area contributed by atoms with Crippen LogP contribution in [-0.4, -0.2) is 55.0 Å². The molecule has 5 rings (SSSR count). The van der Waals surface area contributed by atoms with E-state index in [-0.39, 0.29) is 29.9 Å². The topological polar surface area (TPSA) is 97.4 Å². The third kappa shape index (κ3) is 7.58. The molecule has 222 valence electrons. The molecule has 44 heavy (non-hydrogen) atoms. The Morgan fingerprint density at radius 2 is 1.00 bits per heavy atom. The van der Waals surface area contributed by atoms with Gasteiger partial charge in [-0.25, -0.2) is 14.4 Å². The Bertz CT molecular complexity index is 1570. The van der Waals surface area contributed by atoms with Gasteiger partial charge in [-0.2, -0.15) is 0 Å². The van der Waals surface area contributed by atoms with E-state index in [1.807, 2.05) is 30.3 Å². The van der Waals surface area contributed by atoms with E-state index in [1.54, 1.807) is 91.0 Å². The molecule has 0 aromatic heterocycles. The van der Waals surface area contributed by atoms with Crippen molar-refractivity contribution in [3.05, 3.63) is 144 Å². The van der Waals surface area contributed by atoms with Crippen LogP contribution in [0.25, 0.3) is 0 Å². The molecule has 0 N–H and O–H groups in total. The first-order chi connectivity index (χ1) is 21.5. The molecule has 8 nitrogen and oxygen atoms in total. The van der Waals surface area contributed by atoms with E-state index in [4.69, 9.17) is 30.1 Å². The lowest BCUT2D eigenvalue weighted by Crippen LogP contribution is -2.62. The quantitative estimate of drug-likeness (QED) is 0.140. The fraction of sp³-hybridized carbons (Fsp3) is 0.194. The van der Waals surface area contributed by atoms with Crippen LogP contribution < -0.4 is 0 Å². The van der Waals surface area contributed by atoms with Crippen LogP contribution in [0.4, 0.5) is 0 Å². The van der Waals surface area contributed by atoms with Crippen molar-refractivity contribution in [2.24, 2.45) is 0 Å². The Morgan fingerprint density at radius 3 is 1.45 bits per heavy atom. The molecule has 0 bridgehead atoms. The van der Waals surface area contributed by atoms with Crippen LogP contribution in [0.1, 0.15) is 36.6 Å². The van der Waals surface area contributed by atoms with Crippen molar-refractivity contribution < 1.29 is 38.1 Å². The second-order valence-electron chi connectivity index (χ2n) is 9.97. The molecule has 5 atom stereocenters. The lowest BCUT2D eigenvalue weighted by Gasteiger charge is -2.43. The van der Waals surface area contributed by atoms with Crippen LogP contribution in [0, 0.1) is 12.3 Å². The van der Waals surface area contributed by atoms with Gasteiger partial charge in [0.2, 0.25) is 0 Å². The Balaban J connectivity index is 1.48. The highest BCUT2D eigenvalue weighted by atomic mass is 16.7. The second-order valence-corrected chi connectivity index (χ2v) is 9.97. The van der Waals surface area contributed by atoms with Gasteiger partial charge >= 0.3 is 17.9 Å². The van der Waals surface area contributed by atoms with Gasteiger partial charge in [-0.05, 0) is 42.0 Å². The van der Waals surface area contributed by atoms with Crippen LogP contribution in [-0.2, 0) is 30.3 Å². The van der Waals surface area contributed by atoms with Gasteiger partial charge in [0.05, 0.1) is 29.9 Å². The molecule has 0 amide bonds. The normalized spacial score (nSPS) is 20.9. The molecule has 8 heteroatoms. The van der Waals surface area contributed by atoms with Crippen molar-refractivity contribution in [3.63, 3.8) is 0 Å². The molecule has 1 heterocycles. The smallest absolute Gasteiger partial charge is 0.338 e. The van der Waals surface area contributed by atoms with Gasteiger partial charge in [0.15, 0.2) is 24.4 Å². The predicted molar refractivity (Wildman–Crippen MR) is 161 cm³/mol. The lowest BCUT2D eigenvalue weighted by atomic mass is 9.94. The summed E-state index contributed by atoms with van der Waals surface area (Å²) in [5.41, 5.74) is 1.68. The number of ether oxygens (including phenoxy) is 5. The Hall–Kier alpha value is -5.23. The Morgan fingerprint density at radius 1 is 0.591 bits per heavy atom. The highest BCUT2D eigenvalue weighted by Crippen LogP contribution is 2.31. The standard InChI is InChI=1S/C36H30O8/c1-2-29-31(42-34(37)26-17-9-4-10-18-26)33(44-36(39)28-21-13-6-14-22-28)32(43-35(38)27-19-11-5-12-20-27)30(41-29)24-40-23-25-15-7-3-8-16-25/h1,3-22,29-33H,23-24H2/t29-,30+,31-,32+,33+/m0/s1. The summed E-state index contributed by atoms with van der Waals surface area (Å²) < 4.78 is 29.9. The van der Waals surface area contributed by atoms with Crippen molar-refractivity contribution in [3.8, 4) is 12.3 Å². The molecule has 1 aliphatic rings. The molecule has 0 saturated carbocycles. The summed E-state index contributed by atoms with van der Waals surface area (Å²) in [7, 11) is 0. The van der Waals surface area contributed by atoms with E-state index in [0.717, 1.165) is 5.56 Å². The minimum atomic E-state index is -1.34. The maximum Gasteiger partial charge on any atom is 0.338 e. The van der Waals surface area contributed by atoms with Gasteiger partial charge in [0, 0.05) is 0 Å². The molecular formula is C36H30O8. The number of benzene rings is 4. The average molecular weight is 591 g/mol. The molecule has 0 spiro atoms. The van der Waals surface area contributed by atoms with Crippen LogP contribution in [0.2, 0.25) is 0 Å². The minimum Gasteiger partial charge on any atom is -0.452 e. The van der Waals surface area contributed by atoms with E-state index in [0.29, 0.717) is 0 Å². The van der Waals surface area contributed by atoms with Crippen molar-refractivity contribution in [2.45, 2.75) is 37.1 Å². The number of rotatable bonds is 10. The van der Waals surface area contributed by atoms with Crippen molar-refractivity contribution in [2.75, 3.05) is 6.61 Å². The van der Waals surface area contributed by atoms with Gasteiger partial charge in [0.25, 0.3) is 0 Å². The SMILES string of the molecule is C#C[C@@H]1O[C@H](COCc2ccccc2)[C@@H](OC(=O)c2ccccc2)[C@H](OC(=O)c2ccccc2)[C@H]1OC(=O)c1ccccc1. The summed E-state index contributed by atoms with van der Waals surface area (Å²) >= 11 is 0. The fourth-order valence-electron chi connectivity index (χ4n) is 4.75. The third-order valence-corrected chi connectivity index (χ3v) is 6.95. The summed E-state index contributed by atoms with van der Waals surface area (Å²) in [4.78, 5) is 40.0. The number of carbonyl (C=O) groups is 3. The summed E-state index contributed by atoms with van der Waals surface area (Å²) in [6.07, 6.45) is -0.186. The van der Waals surface area contributed by atoms with Gasteiger partial charge < -0.3 is 23.7 Å². The summed E-state index contributed by atoms with van der Waals surface area (Å²) in [6, 6.07) is 34.4. The zero-order valence-electron chi connectivity index (χ0n) is 23.7. The van der Waals surface area contributed by atoms with E-state index >= 15 is 0 Å². The van der Waals surface area contributed by atoms with Gasteiger partial charge in [-0.15, -0.1) is 6.42 Å². The largest absolute Gasteiger partial charge is 0.452 e. The Kier molecular flexibility index (Phi) is 10.2. The molecule has 1 saturated heterocycles. The molecule has 0 radical (unpaired) electrons. The van der Waals surface area contributed by atoms with E-state index in [1.165, 1.54) is 0 Å². The lowest BCUT2D eigenvalue weighted by molar-refractivity contribution is -0.219. The number of terminal acetylenes is 1. The first kappa shape index (κ1) is 30.2. The number of hydrogen-bond donors (Lipinski definition) is 0. The van der Waals surface area contributed by atoms with Crippen LogP contribution in [0.15, 0.2) is 121 Å². The fourth-order valence-corrected chi connectivity index (χ4v) is 4.75. The number of hydrogen-bond acceptors (Lipinski definition) is 8. The van der Waals surface area contributed by atoms with Crippen LogP contribution in [0.5, 0.6) is 0 Å². The van der Waals surface area contributed by atoms with Crippen molar-refractivity contribution >= 4 is 17.9 Å². The zero-order valence-corrected chi connectivity index (χ0v) is 23.7. The molecule has 0 unspecified atom stereocenters. The number of carbonyl (C=O) groups excluding carboxylic acids is 3. The zero-order chi connectivity index (χ0) is 30.7. The van der Waals surface area contributed by atoms with E-state index in [9.17, 15) is 14.4 Å². The van der Waals surface area contributed by atoms with Gasteiger partial charge in [-0.1, -0.05) is 90.8 Å². The average Bonchev–Trinajstić information content (AvgIpc) is 3.08. The van der Waals surface area contributed by atoms with Crippen LogP contribution >= 0.6 is 0 Å². The van der Waals surface area contributed by atoms with Gasteiger partial charge in [-0.3, -0.25) is 0 Å². The molecule has 0 aliphatic carbocycles.